The third kappa shape index (κ3) is 4.74. The molecular formula is C11H21NO2. The van der Waals surface area contributed by atoms with Crippen molar-refractivity contribution in [3.8, 4) is 0 Å². The van der Waals surface area contributed by atoms with Crippen molar-refractivity contribution >= 4 is 0 Å². The van der Waals surface area contributed by atoms with E-state index in [0.717, 1.165) is 13.0 Å². The van der Waals surface area contributed by atoms with Crippen LogP contribution in [-0.2, 0) is 9.47 Å². The van der Waals surface area contributed by atoms with Gasteiger partial charge in [0.1, 0.15) is 0 Å². The first-order valence-corrected chi connectivity index (χ1v) is 5.20. The molecule has 3 heteroatoms. The van der Waals surface area contributed by atoms with E-state index < -0.39 is 0 Å². The summed E-state index contributed by atoms with van der Waals surface area (Å²) in [4.78, 5) is 2.01. The van der Waals surface area contributed by atoms with Gasteiger partial charge in [-0.1, -0.05) is 6.08 Å². The number of hydrogen-bond donors (Lipinski definition) is 0. The molecule has 0 aromatic heterocycles. The Hall–Kier alpha value is -0.380. The second-order valence-corrected chi connectivity index (χ2v) is 4.12. The predicted molar refractivity (Wildman–Crippen MR) is 57.2 cm³/mol. The summed E-state index contributed by atoms with van der Waals surface area (Å²) in [6, 6.07) is 0. The summed E-state index contributed by atoms with van der Waals surface area (Å²) in [5.41, 5.74) is 1.26. The van der Waals surface area contributed by atoms with Crippen LogP contribution in [0.1, 0.15) is 19.8 Å². The topological polar surface area (TPSA) is 21.7 Å². The minimum atomic E-state index is 0.331. The molecule has 0 radical (unpaired) electrons. The van der Waals surface area contributed by atoms with Gasteiger partial charge in [-0.15, -0.1) is 0 Å². The molecule has 0 N–H and O–H groups in total. The summed E-state index contributed by atoms with van der Waals surface area (Å²) < 4.78 is 11.0. The van der Waals surface area contributed by atoms with Crippen LogP contribution in [0.3, 0.4) is 0 Å². The van der Waals surface area contributed by atoms with Gasteiger partial charge in [0.25, 0.3) is 0 Å². The lowest BCUT2D eigenvalue weighted by molar-refractivity contribution is 0.0699. The lowest BCUT2D eigenvalue weighted by Gasteiger charge is -2.11. The van der Waals surface area contributed by atoms with Crippen LogP contribution in [0.2, 0.25) is 0 Å². The monoisotopic (exact) mass is 199 g/mol. The standard InChI is InChI=1S/C11H21NO2/c1-10(8-13-9-12(2)3)7-11-5-4-6-14-11/h7,11H,4-6,8-9H2,1-3H3. The fourth-order valence-corrected chi connectivity index (χ4v) is 1.49. The summed E-state index contributed by atoms with van der Waals surface area (Å²) in [7, 11) is 4.00. The Balaban J connectivity index is 2.16. The molecule has 3 nitrogen and oxygen atoms in total. The molecule has 0 spiro atoms. The van der Waals surface area contributed by atoms with Gasteiger partial charge in [0, 0.05) is 6.61 Å². The molecular weight excluding hydrogens is 178 g/mol. The Labute approximate surface area is 86.7 Å². The maximum atomic E-state index is 5.51. The molecule has 0 saturated carbocycles. The van der Waals surface area contributed by atoms with Gasteiger partial charge < -0.3 is 9.47 Å². The number of nitrogens with zero attached hydrogens (tertiary/aromatic N) is 1. The first-order valence-electron chi connectivity index (χ1n) is 5.20. The number of hydrogen-bond acceptors (Lipinski definition) is 3. The van der Waals surface area contributed by atoms with Crippen LogP contribution in [0, 0.1) is 0 Å². The Morgan fingerprint density at radius 2 is 2.36 bits per heavy atom. The van der Waals surface area contributed by atoms with Crippen LogP contribution in [0.15, 0.2) is 11.6 Å². The quantitative estimate of drug-likeness (QED) is 0.496. The van der Waals surface area contributed by atoms with E-state index in [1.54, 1.807) is 0 Å². The summed E-state index contributed by atoms with van der Waals surface area (Å²) in [6.45, 7) is 4.39. The summed E-state index contributed by atoms with van der Waals surface area (Å²) in [6.07, 6.45) is 4.86. The third-order valence-electron chi connectivity index (χ3n) is 2.11. The maximum Gasteiger partial charge on any atom is 0.0989 e. The van der Waals surface area contributed by atoms with Crippen molar-refractivity contribution in [1.29, 1.82) is 0 Å². The van der Waals surface area contributed by atoms with Gasteiger partial charge in [0.05, 0.1) is 19.4 Å². The molecule has 82 valence electrons. The largest absolute Gasteiger partial charge is 0.374 e. The van der Waals surface area contributed by atoms with E-state index in [1.807, 2.05) is 19.0 Å². The van der Waals surface area contributed by atoms with Crippen LogP contribution in [-0.4, -0.2) is 45.0 Å². The zero-order chi connectivity index (χ0) is 10.4. The second-order valence-electron chi connectivity index (χ2n) is 4.12. The zero-order valence-electron chi connectivity index (χ0n) is 9.45. The summed E-state index contributed by atoms with van der Waals surface area (Å²) >= 11 is 0. The molecule has 1 rings (SSSR count). The smallest absolute Gasteiger partial charge is 0.0989 e. The van der Waals surface area contributed by atoms with Crippen LogP contribution in [0.4, 0.5) is 0 Å². The number of ether oxygens (including phenoxy) is 2. The van der Waals surface area contributed by atoms with Crippen molar-refractivity contribution in [3.05, 3.63) is 11.6 Å². The predicted octanol–water partition coefficient (Wildman–Crippen LogP) is 1.65. The molecule has 1 aliphatic heterocycles. The minimum Gasteiger partial charge on any atom is -0.374 e. The normalized spacial score (nSPS) is 23.4. The van der Waals surface area contributed by atoms with Crippen LogP contribution >= 0.6 is 0 Å². The molecule has 1 heterocycles. The van der Waals surface area contributed by atoms with Crippen LogP contribution in [0.25, 0.3) is 0 Å². The molecule has 1 atom stereocenters. The van der Waals surface area contributed by atoms with E-state index in [-0.39, 0.29) is 0 Å². The highest BCUT2D eigenvalue weighted by atomic mass is 16.5. The fourth-order valence-electron chi connectivity index (χ4n) is 1.49. The van der Waals surface area contributed by atoms with Gasteiger partial charge in [0.15, 0.2) is 0 Å². The van der Waals surface area contributed by atoms with Gasteiger partial charge in [-0.05, 0) is 39.4 Å². The van der Waals surface area contributed by atoms with Crippen molar-refractivity contribution < 1.29 is 9.47 Å². The highest BCUT2D eigenvalue weighted by molar-refractivity contribution is 5.03. The molecule has 14 heavy (non-hydrogen) atoms. The maximum absolute atomic E-state index is 5.51. The van der Waals surface area contributed by atoms with Crippen molar-refractivity contribution in [2.24, 2.45) is 0 Å². The summed E-state index contributed by atoms with van der Waals surface area (Å²) in [5.74, 6) is 0. The molecule has 0 aromatic rings. The van der Waals surface area contributed by atoms with Gasteiger partial charge in [-0.3, -0.25) is 4.90 Å². The molecule has 0 bridgehead atoms. The average molecular weight is 199 g/mol. The zero-order valence-corrected chi connectivity index (χ0v) is 9.45. The van der Waals surface area contributed by atoms with Gasteiger partial charge in [-0.2, -0.15) is 0 Å². The van der Waals surface area contributed by atoms with Crippen molar-refractivity contribution in [2.75, 3.05) is 34.0 Å². The van der Waals surface area contributed by atoms with E-state index in [2.05, 4.69) is 13.0 Å². The molecule has 1 unspecified atom stereocenters. The van der Waals surface area contributed by atoms with Crippen LogP contribution in [0.5, 0.6) is 0 Å². The lowest BCUT2D eigenvalue weighted by atomic mass is 10.2. The van der Waals surface area contributed by atoms with E-state index in [4.69, 9.17) is 9.47 Å². The van der Waals surface area contributed by atoms with Crippen molar-refractivity contribution in [3.63, 3.8) is 0 Å². The van der Waals surface area contributed by atoms with E-state index in [9.17, 15) is 0 Å². The molecule has 0 aliphatic carbocycles. The Morgan fingerprint density at radius 1 is 1.57 bits per heavy atom. The average Bonchev–Trinajstić information content (AvgIpc) is 2.56. The highest BCUT2D eigenvalue weighted by Gasteiger charge is 2.12. The Kier molecular flexibility index (Phi) is 5.15. The minimum absolute atomic E-state index is 0.331. The number of rotatable bonds is 5. The van der Waals surface area contributed by atoms with Crippen molar-refractivity contribution in [1.82, 2.24) is 4.90 Å². The van der Waals surface area contributed by atoms with Crippen molar-refractivity contribution in [2.45, 2.75) is 25.9 Å². The fraction of sp³-hybridized carbons (Fsp3) is 0.818. The molecule has 0 amide bonds. The first kappa shape index (κ1) is 11.7. The van der Waals surface area contributed by atoms with E-state index in [1.165, 1.54) is 12.0 Å². The van der Waals surface area contributed by atoms with Gasteiger partial charge >= 0.3 is 0 Å². The highest BCUT2D eigenvalue weighted by Crippen LogP contribution is 2.14. The Morgan fingerprint density at radius 3 is 2.93 bits per heavy atom. The molecule has 1 fully saturated rings. The Bertz CT molecular complexity index is 184. The SMILES string of the molecule is CC(=CC1CCCO1)COCN(C)C. The van der Waals surface area contributed by atoms with E-state index >= 15 is 0 Å². The summed E-state index contributed by atoms with van der Waals surface area (Å²) in [5, 5.41) is 0. The lowest BCUT2D eigenvalue weighted by Crippen LogP contribution is -2.17. The van der Waals surface area contributed by atoms with Gasteiger partial charge in [-0.25, -0.2) is 0 Å². The molecule has 1 aliphatic rings. The third-order valence-corrected chi connectivity index (χ3v) is 2.11. The second kappa shape index (κ2) is 6.17. The molecule has 1 saturated heterocycles. The first-order chi connectivity index (χ1) is 6.68. The molecule has 0 aromatic carbocycles. The van der Waals surface area contributed by atoms with Crippen LogP contribution < -0.4 is 0 Å². The van der Waals surface area contributed by atoms with Gasteiger partial charge in [0.2, 0.25) is 0 Å². The van der Waals surface area contributed by atoms with E-state index in [0.29, 0.717) is 19.4 Å².